The van der Waals surface area contributed by atoms with Gasteiger partial charge in [-0.25, -0.2) is 4.98 Å². The average Bonchev–Trinajstić information content (AvgIpc) is 2.69. The summed E-state index contributed by atoms with van der Waals surface area (Å²) in [5, 5.41) is 3.03. The topological polar surface area (TPSA) is 57.7 Å². The highest BCUT2D eigenvalue weighted by Crippen LogP contribution is 2.28. The van der Waals surface area contributed by atoms with Gasteiger partial charge in [-0.2, -0.15) is 0 Å². The number of para-hydroxylation sites is 2. The summed E-state index contributed by atoms with van der Waals surface area (Å²) in [5.74, 6) is 0.155. The quantitative estimate of drug-likeness (QED) is 0.864. The number of hydrogen-bond donors (Lipinski definition) is 1. The smallest absolute Gasteiger partial charge is 0.261 e. The van der Waals surface area contributed by atoms with Crippen LogP contribution < -0.4 is 15.0 Å². The van der Waals surface area contributed by atoms with Gasteiger partial charge in [-0.15, -0.1) is 0 Å². The first kappa shape index (κ1) is 18.2. The van der Waals surface area contributed by atoms with Crippen molar-refractivity contribution in [3.8, 4) is 5.88 Å². The van der Waals surface area contributed by atoms with Gasteiger partial charge in [-0.1, -0.05) is 19.1 Å². The van der Waals surface area contributed by atoms with Gasteiger partial charge >= 0.3 is 0 Å². The fourth-order valence-electron chi connectivity index (χ4n) is 3.17. The summed E-state index contributed by atoms with van der Waals surface area (Å²) < 4.78 is 5.48. The standard InChI is InChI=1S/C20H26N4O2/c1-3-23-12-14-24(15-13-23)18-10-6-5-9-17(18)22-19(25)16-8-7-11-21-20(16)26-4-2/h5-11H,3-4,12-15H2,1-2H3,(H,22,25). The summed E-state index contributed by atoms with van der Waals surface area (Å²) in [6, 6.07) is 11.4. The molecule has 1 fully saturated rings. The van der Waals surface area contributed by atoms with Gasteiger partial charge in [-0.05, 0) is 37.7 Å². The second kappa shape index (κ2) is 8.67. The number of aromatic nitrogens is 1. The van der Waals surface area contributed by atoms with Crippen LogP contribution >= 0.6 is 0 Å². The highest BCUT2D eigenvalue weighted by atomic mass is 16.5. The molecule has 2 aromatic rings. The Morgan fingerprint density at radius 2 is 1.88 bits per heavy atom. The minimum atomic E-state index is -0.207. The molecule has 1 aromatic heterocycles. The van der Waals surface area contributed by atoms with Crippen molar-refractivity contribution >= 4 is 17.3 Å². The van der Waals surface area contributed by atoms with Crippen molar-refractivity contribution in [3.05, 3.63) is 48.2 Å². The number of carbonyl (C=O) groups is 1. The van der Waals surface area contributed by atoms with Gasteiger partial charge in [0.05, 0.1) is 18.0 Å². The zero-order valence-corrected chi connectivity index (χ0v) is 15.4. The van der Waals surface area contributed by atoms with Crippen LogP contribution in [-0.4, -0.2) is 55.1 Å². The molecule has 1 aliphatic rings. The number of ether oxygens (including phenoxy) is 1. The van der Waals surface area contributed by atoms with Crippen LogP contribution in [0.1, 0.15) is 24.2 Å². The molecule has 1 aliphatic heterocycles. The van der Waals surface area contributed by atoms with Crippen LogP contribution in [0.5, 0.6) is 5.88 Å². The fourth-order valence-corrected chi connectivity index (χ4v) is 3.17. The van der Waals surface area contributed by atoms with Crippen LogP contribution in [-0.2, 0) is 0 Å². The van der Waals surface area contributed by atoms with E-state index in [0.717, 1.165) is 44.1 Å². The number of likely N-dealkylation sites (N-methyl/N-ethyl adjacent to an activating group) is 1. The van der Waals surface area contributed by atoms with Crippen molar-refractivity contribution in [3.63, 3.8) is 0 Å². The van der Waals surface area contributed by atoms with Crippen molar-refractivity contribution < 1.29 is 9.53 Å². The van der Waals surface area contributed by atoms with E-state index in [2.05, 4.69) is 33.1 Å². The van der Waals surface area contributed by atoms with E-state index in [1.54, 1.807) is 18.3 Å². The molecule has 26 heavy (non-hydrogen) atoms. The monoisotopic (exact) mass is 354 g/mol. The van der Waals surface area contributed by atoms with Crippen molar-refractivity contribution in [2.24, 2.45) is 0 Å². The maximum atomic E-state index is 12.8. The zero-order chi connectivity index (χ0) is 18.4. The normalized spacial score (nSPS) is 14.9. The van der Waals surface area contributed by atoms with Gasteiger partial charge < -0.3 is 19.9 Å². The Balaban J connectivity index is 1.78. The average molecular weight is 354 g/mol. The largest absolute Gasteiger partial charge is 0.477 e. The van der Waals surface area contributed by atoms with E-state index >= 15 is 0 Å². The highest BCUT2D eigenvalue weighted by molar-refractivity contribution is 6.07. The number of carbonyl (C=O) groups excluding carboxylic acids is 1. The predicted octanol–water partition coefficient (Wildman–Crippen LogP) is 2.87. The van der Waals surface area contributed by atoms with Crippen LogP contribution in [0.3, 0.4) is 0 Å². The summed E-state index contributed by atoms with van der Waals surface area (Å²) in [7, 11) is 0. The van der Waals surface area contributed by atoms with E-state index in [4.69, 9.17) is 4.74 Å². The zero-order valence-electron chi connectivity index (χ0n) is 15.4. The number of piperazine rings is 1. The van der Waals surface area contributed by atoms with E-state index in [0.29, 0.717) is 18.1 Å². The van der Waals surface area contributed by atoms with Crippen molar-refractivity contribution in [2.75, 3.05) is 49.5 Å². The number of anilines is 2. The van der Waals surface area contributed by atoms with Gasteiger partial charge in [-0.3, -0.25) is 4.79 Å². The third kappa shape index (κ3) is 4.14. The summed E-state index contributed by atoms with van der Waals surface area (Å²) in [5.41, 5.74) is 2.31. The summed E-state index contributed by atoms with van der Waals surface area (Å²) in [6.45, 7) is 9.60. The maximum absolute atomic E-state index is 12.8. The number of nitrogens with zero attached hydrogens (tertiary/aromatic N) is 3. The third-order valence-corrected chi connectivity index (χ3v) is 4.61. The van der Waals surface area contributed by atoms with Gasteiger partial charge in [0.2, 0.25) is 5.88 Å². The Morgan fingerprint density at radius 3 is 2.62 bits per heavy atom. The van der Waals surface area contributed by atoms with Crippen LogP contribution in [0.25, 0.3) is 0 Å². The Hall–Kier alpha value is -2.60. The Bertz CT molecular complexity index is 742. The molecule has 1 amide bonds. The molecule has 0 radical (unpaired) electrons. The molecule has 0 spiro atoms. The number of pyridine rings is 1. The minimum absolute atomic E-state index is 0.207. The second-order valence-electron chi connectivity index (χ2n) is 6.18. The Kier molecular flexibility index (Phi) is 6.07. The molecule has 138 valence electrons. The van der Waals surface area contributed by atoms with Crippen LogP contribution in [0.2, 0.25) is 0 Å². The fraction of sp³-hybridized carbons (Fsp3) is 0.400. The van der Waals surface area contributed by atoms with E-state index in [1.807, 2.05) is 25.1 Å². The van der Waals surface area contributed by atoms with Crippen molar-refractivity contribution in [2.45, 2.75) is 13.8 Å². The number of benzene rings is 1. The van der Waals surface area contributed by atoms with E-state index in [9.17, 15) is 4.79 Å². The first-order valence-corrected chi connectivity index (χ1v) is 9.18. The third-order valence-electron chi connectivity index (χ3n) is 4.61. The number of amides is 1. The molecule has 6 heteroatoms. The van der Waals surface area contributed by atoms with Crippen LogP contribution in [0.15, 0.2) is 42.6 Å². The molecule has 0 aliphatic carbocycles. The molecule has 6 nitrogen and oxygen atoms in total. The molecule has 0 unspecified atom stereocenters. The summed E-state index contributed by atoms with van der Waals surface area (Å²) >= 11 is 0. The SMILES string of the molecule is CCOc1ncccc1C(=O)Nc1ccccc1N1CCN(CC)CC1. The molecule has 3 rings (SSSR count). The van der Waals surface area contributed by atoms with Crippen LogP contribution in [0.4, 0.5) is 11.4 Å². The number of nitrogens with one attached hydrogen (secondary N) is 1. The molecule has 2 heterocycles. The summed E-state index contributed by atoms with van der Waals surface area (Å²) in [6.07, 6.45) is 1.63. The lowest BCUT2D eigenvalue weighted by Crippen LogP contribution is -2.46. The van der Waals surface area contributed by atoms with Crippen LogP contribution in [0, 0.1) is 0 Å². The molecule has 1 N–H and O–H groups in total. The van der Waals surface area contributed by atoms with Crippen molar-refractivity contribution in [1.82, 2.24) is 9.88 Å². The molecule has 1 aromatic carbocycles. The highest BCUT2D eigenvalue weighted by Gasteiger charge is 2.20. The lowest BCUT2D eigenvalue weighted by Gasteiger charge is -2.36. The molecule has 0 saturated carbocycles. The number of hydrogen-bond acceptors (Lipinski definition) is 5. The van der Waals surface area contributed by atoms with Crippen molar-refractivity contribution in [1.29, 1.82) is 0 Å². The number of rotatable bonds is 6. The van der Waals surface area contributed by atoms with Gasteiger partial charge in [0, 0.05) is 32.4 Å². The predicted molar refractivity (Wildman–Crippen MR) is 104 cm³/mol. The van der Waals surface area contributed by atoms with Gasteiger partial charge in [0.15, 0.2) is 0 Å². The van der Waals surface area contributed by atoms with Gasteiger partial charge in [0.25, 0.3) is 5.91 Å². The Labute approximate surface area is 154 Å². The first-order valence-electron chi connectivity index (χ1n) is 9.18. The van der Waals surface area contributed by atoms with E-state index in [1.165, 1.54) is 0 Å². The maximum Gasteiger partial charge on any atom is 0.261 e. The van der Waals surface area contributed by atoms with E-state index < -0.39 is 0 Å². The first-order chi connectivity index (χ1) is 12.7. The van der Waals surface area contributed by atoms with Gasteiger partial charge in [0.1, 0.15) is 5.56 Å². The summed E-state index contributed by atoms with van der Waals surface area (Å²) in [4.78, 5) is 21.7. The van der Waals surface area contributed by atoms with E-state index in [-0.39, 0.29) is 5.91 Å². The lowest BCUT2D eigenvalue weighted by atomic mass is 10.2. The minimum Gasteiger partial charge on any atom is -0.477 e. The molecular formula is C20H26N4O2. The molecule has 0 atom stereocenters. The molecule has 0 bridgehead atoms. The molecule has 1 saturated heterocycles. The Morgan fingerprint density at radius 1 is 1.12 bits per heavy atom. The second-order valence-corrected chi connectivity index (χ2v) is 6.18. The lowest BCUT2D eigenvalue weighted by molar-refractivity contribution is 0.102. The molecular weight excluding hydrogens is 328 g/mol.